The smallest absolute Gasteiger partial charge is 0.321 e. The van der Waals surface area contributed by atoms with E-state index in [0.717, 1.165) is 25.9 Å². The van der Waals surface area contributed by atoms with Crippen LogP contribution in [0.3, 0.4) is 0 Å². The van der Waals surface area contributed by atoms with Crippen LogP contribution >= 0.6 is 0 Å². The number of carboxylic acid groups (broad SMARTS) is 1. The van der Waals surface area contributed by atoms with Crippen molar-refractivity contribution in [3.8, 4) is 0 Å². The van der Waals surface area contributed by atoms with Crippen LogP contribution < -0.4 is 0 Å². The minimum Gasteiger partial charge on any atom is -0.480 e. The first-order valence-electron chi connectivity index (χ1n) is 5.81. The molecule has 0 bridgehead atoms. The third kappa shape index (κ3) is 4.65. The van der Waals surface area contributed by atoms with Crippen LogP contribution in [0, 0.1) is 5.41 Å². The maximum atomic E-state index is 11.3. The summed E-state index contributed by atoms with van der Waals surface area (Å²) in [7, 11) is 0. The van der Waals surface area contributed by atoms with Gasteiger partial charge in [0, 0.05) is 0 Å². The van der Waals surface area contributed by atoms with E-state index in [9.17, 15) is 9.90 Å². The predicted molar refractivity (Wildman–Crippen MR) is 63.0 cm³/mol. The summed E-state index contributed by atoms with van der Waals surface area (Å²) >= 11 is 0. The van der Waals surface area contributed by atoms with Gasteiger partial charge >= 0.3 is 5.97 Å². The minimum absolute atomic E-state index is 0.212. The van der Waals surface area contributed by atoms with Gasteiger partial charge in [0.1, 0.15) is 6.04 Å². The second-order valence-corrected chi connectivity index (χ2v) is 5.14. The first kappa shape index (κ1) is 14.4. The van der Waals surface area contributed by atoms with Crippen LogP contribution in [0.5, 0.6) is 0 Å². The second kappa shape index (κ2) is 6.11. The summed E-state index contributed by atoms with van der Waals surface area (Å²) in [5.41, 5.74) is -0.212. The zero-order valence-corrected chi connectivity index (χ0v) is 10.7. The molecule has 0 rings (SSSR count). The molecule has 1 unspecified atom stereocenters. The molecule has 0 saturated carbocycles. The van der Waals surface area contributed by atoms with Crippen molar-refractivity contribution in [3.63, 3.8) is 0 Å². The molecule has 3 nitrogen and oxygen atoms in total. The van der Waals surface area contributed by atoms with Crippen molar-refractivity contribution >= 4 is 5.97 Å². The Morgan fingerprint density at radius 1 is 1.20 bits per heavy atom. The fraction of sp³-hybridized carbons (Fsp3) is 0.917. The number of carbonyl (C=O) groups is 1. The topological polar surface area (TPSA) is 40.5 Å². The average molecular weight is 215 g/mol. The Balaban J connectivity index is 4.75. The highest BCUT2D eigenvalue weighted by Crippen LogP contribution is 2.25. The summed E-state index contributed by atoms with van der Waals surface area (Å²) < 4.78 is 0. The van der Waals surface area contributed by atoms with E-state index in [0.29, 0.717) is 0 Å². The van der Waals surface area contributed by atoms with Crippen LogP contribution in [0.4, 0.5) is 0 Å². The van der Waals surface area contributed by atoms with E-state index in [1.54, 1.807) is 0 Å². The maximum Gasteiger partial charge on any atom is 0.321 e. The van der Waals surface area contributed by atoms with Crippen molar-refractivity contribution in [2.45, 2.75) is 53.5 Å². The maximum absolute atomic E-state index is 11.3. The standard InChI is InChI=1S/C12H25NO2/c1-6-8-13(9-7-2)10(11(14)15)12(3,4)5/h10H,6-9H2,1-5H3,(H,14,15). The molecule has 0 aliphatic rings. The molecule has 15 heavy (non-hydrogen) atoms. The van der Waals surface area contributed by atoms with E-state index in [2.05, 4.69) is 18.7 Å². The first-order valence-corrected chi connectivity index (χ1v) is 5.81. The number of hydrogen-bond acceptors (Lipinski definition) is 2. The minimum atomic E-state index is -0.704. The predicted octanol–water partition coefficient (Wildman–Crippen LogP) is 2.61. The summed E-state index contributed by atoms with van der Waals surface area (Å²) in [6.07, 6.45) is 2.00. The van der Waals surface area contributed by atoms with Crippen molar-refractivity contribution in [2.75, 3.05) is 13.1 Å². The van der Waals surface area contributed by atoms with Gasteiger partial charge in [-0.3, -0.25) is 9.69 Å². The van der Waals surface area contributed by atoms with Crippen molar-refractivity contribution in [3.05, 3.63) is 0 Å². The van der Waals surface area contributed by atoms with Crippen LogP contribution in [0.1, 0.15) is 47.5 Å². The lowest BCUT2D eigenvalue weighted by Gasteiger charge is -2.37. The summed E-state index contributed by atoms with van der Waals surface area (Å²) in [6.45, 7) is 11.9. The van der Waals surface area contributed by atoms with Crippen LogP contribution in [0.2, 0.25) is 0 Å². The van der Waals surface area contributed by atoms with Crippen LogP contribution in [-0.4, -0.2) is 35.1 Å². The lowest BCUT2D eigenvalue weighted by molar-refractivity contribution is -0.147. The monoisotopic (exact) mass is 215 g/mol. The van der Waals surface area contributed by atoms with Gasteiger partial charge < -0.3 is 5.11 Å². The third-order valence-electron chi connectivity index (χ3n) is 2.44. The highest BCUT2D eigenvalue weighted by atomic mass is 16.4. The Bertz CT molecular complexity index is 190. The number of hydrogen-bond donors (Lipinski definition) is 1. The molecule has 0 aromatic rings. The molecule has 1 N–H and O–H groups in total. The lowest BCUT2D eigenvalue weighted by Crippen LogP contribution is -2.49. The Hall–Kier alpha value is -0.570. The molecule has 0 spiro atoms. The van der Waals surface area contributed by atoms with Crippen LogP contribution in [0.25, 0.3) is 0 Å². The molecule has 0 amide bonds. The van der Waals surface area contributed by atoms with E-state index in [1.807, 2.05) is 20.8 Å². The molecule has 0 saturated heterocycles. The molecule has 0 aromatic carbocycles. The van der Waals surface area contributed by atoms with Crippen molar-refractivity contribution in [1.82, 2.24) is 4.90 Å². The summed E-state index contributed by atoms with van der Waals surface area (Å²) in [6, 6.07) is -0.377. The third-order valence-corrected chi connectivity index (χ3v) is 2.44. The number of nitrogens with zero attached hydrogens (tertiary/aromatic N) is 1. The van der Waals surface area contributed by atoms with Gasteiger partial charge in [-0.2, -0.15) is 0 Å². The summed E-state index contributed by atoms with van der Waals surface area (Å²) in [5, 5.41) is 9.29. The van der Waals surface area contributed by atoms with E-state index < -0.39 is 5.97 Å². The Morgan fingerprint density at radius 3 is 1.80 bits per heavy atom. The van der Waals surface area contributed by atoms with E-state index in [4.69, 9.17) is 0 Å². The number of rotatable bonds is 6. The van der Waals surface area contributed by atoms with Gasteiger partial charge in [0.15, 0.2) is 0 Å². The highest BCUT2D eigenvalue weighted by Gasteiger charge is 2.35. The Morgan fingerprint density at radius 2 is 1.60 bits per heavy atom. The van der Waals surface area contributed by atoms with E-state index in [1.165, 1.54) is 0 Å². The molecule has 0 fully saturated rings. The second-order valence-electron chi connectivity index (χ2n) is 5.14. The van der Waals surface area contributed by atoms with Gasteiger partial charge in [-0.15, -0.1) is 0 Å². The van der Waals surface area contributed by atoms with E-state index in [-0.39, 0.29) is 11.5 Å². The largest absolute Gasteiger partial charge is 0.480 e. The van der Waals surface area contributed by atoms with Gasteiger partial charge in [-0.05, 0) is 31.3 Å². The van der Waals surface area contributed by atoms with Gasteiger partial charge in [-0.1, -0.05) is 34.6 Å². The average Bonchev–Trinajstić information content (AvgIpc) is 2.01. The molecule has 0 radical (unpaired) electrons. The zero-order chi connectivity index (χ0) is 12.1. The normalized spacial score (nSPS) is 14.3. The molecule has 0 heterocycles. The molecule has 0 aliphatic carbocycles. The molecular formula is C12H25NO2. The molecule has 1 atom stereocenters. The fourth-order valence-electron chi connectivity index (χ4n) is 2.02. The van der Waals surface area contributed by atoms with E-state index >= 15 is 0 Å². The fourth-order valence-corrected chi connectivity index (χ4v) is 2.02. The summed E-state index contributed by atoms with van der Waals surface area (Å²) in [4.78, 5) is 13.4. The highest BCUT2D eigenvalue weighted by molar-refractivity contribution is 5.74. The van der Waals surface area contributed by atoms with Crippen LogP contribution in [0.15, 0.2) is 0 Å². The zero-order valence-electron chi connectivity index (χ0n) is 10.7. The Kier molecular flexibility index (Phi) is 5.88. The van der Waals surface area contributed by atoms with Crippen molar-refractivity contribution in [1.29, 1.82) is 0 Å². The van der Waals surface area contributed by atoms with Crippen LogP contribution in [-0.2, 0) is 4.79 Å². The quantitative estimate of drug-likeness (QED) is 0.740. The van der Waals surface area contributed by atoms with Gasteiger partial charge in [0.25, 0.3) is 0 Å². The SMILES string of the molecule is CCCN(CCC)C(C(=O)O)C(C)(C)C. The number of carboxylic acids is 1. The molecular weight excluding hydrogens is 190 g/mol. The summed E-state index contributed by atoms with van der Waals surface area (Å²) in [5.74, 6) is -0.704. The molecule has 0 aromatic heterocycles. The molecule has 0 aliphatic heterocycles. The van der Waals surface area contributed by atoms with Gasteiger partial charge in [-0.25, -0.2) is 0 Å². The molecule has 90 valence electrons. The van der Waals surface area contributed by atoms with Crippen molar-refractivity contribution in [2.24, 2.45) is 5.41 Å². The Labute approximate surface area is 93.5 Å². The van der Waals surface area contributed by atoms with Crippen molar-refractivity contribution < 1.29 is 9.90 Å². The lowest BCUT2D eigenvalue weighted by atomic mass is 9.85. The van der Waals surface area contributed by atoms with Gasteiger partial charge in [0.05, 0.1) is 0 Å². The molecule has 3 heteroatoms. The number of aliphatic carboxylic acids is 1. The first-order chi connectivity index (χ1) is 6.84. The van der Waals surface area contributed by atoms with Gasteiger partial charge in [0.2, 0.25) is 0 Å².